The Morgan fingerprint density at radius 1 is 1.19 bits per heavy atom. The second kappa shape index (κ2) is 6.90. The zero-order valence-corrected chi connectivity index (χ0v) is 12.3. The minimum Gasteiger partial charge on any atom is -0.491 e. The SMILES string of the molecule is CC(C)Oc1cccc(C(=O)Nc2ccc(CN)cc2)c1. The van der Waals surface area contributed by atoms with Gasteiger partial charge in [-0.05, 0) is 49.7 Å². The molecule has 0 atom stereocenters. The Morgan fingerprint density at radius 3 is 2.52 bits per heavy atom. The van der Waals surface area contributed by atoms with E-state index in [9.17, 15) is 4.79 Å². The van der Waals surface area contributed by atoms with Gasteiger partial charge in [-0.15, -0.1) is 0 Å². The average molecular weight is 284 g/mol. The molecule has 4 nitrogen and oxygen atoms in total. The van der Waals surface area contributed by atoms with Crippen LogP contribution in [0.15, 0.2) is 48.5 Å². The summed E-state index contributed by atoms with van der Waals surface area (Å²) < 4.78 is 5.59. The molecule has 1 amide bonds. The van der Waals surface area contributed by atoms with Gasteiger partial charge in [0.15, 0.2) is 0 Å². The van der Waals surface area contributed by atoms with Crippen LogP contribution in [0.3, 0.4) is 0 Å². The number of carbonyl (C=O) groups excluding carboxylic acids is 1. The van der Waals surface area contributed by atoms with Crippen molar-refractivity contribution in [1.29, 1.82) is 0 Å². The molecule has 2 rings (SSSR count). The maximum Gasteiger partial charge on any atom is 0.255 e. The lowest BCUT2D eigenvalue weighted by Crippen LogP contribution is -2.13. The quantitative estimate of drug-likeness (QED) is 0.886. The number of hydrogen-bond acceptors (Lipinski definition) is 3. The van der Waals surface area contributed by atoms with E-state index in [-0.39, 0.29) is 12.0 Å². The van der Waals surface area contributed by atoms with Crippen LogP contribution in [0.5, 0.6) is 5.75 Å². The number of carbonyl (C=O) groups is 1. The topological polar surface area (TPSA) is 64.3 Å². The third-order valence-corrected chi connectivity index (χ3v) is 2.92. The molecule has 0 aliphatic rings. The van der Waals surface area contributed by atoms with Crippen molar-refractivity contribution in [2.75, 3.05) is 5.32 Å². The molecule has 0 heterocycles. The molecule has 0 saturated carbocycles. The fourth-order valence-corrected chi connectivity index (χ4v) is 1.91. The number of rotatable bonds is 5. The molecular formula is C17H20N2O2. The number of ether oxygens (including phenoxy) is 1. The van der Waals surface area contributed by atoms with E-state index in [0.29, 0.717) is 17.9 Å². The summed E-state index contributed by atoms with van der Waals surface area (Å²) in [6.07, 6.45) is 0.0760. The maximum absolute atomic E-state index is 12.2. The minimum atomic E-state index is -0.162. The van der Waals surface area contributed by atoms with Crippen molar-refractivity contribution in [2.45, 2.75) is 26.5 Å². The van der Waals surface area contributed by atoms with Crippen LogP contribution < -0.4 is 15.8 Å². The zero-order chi connectivity index (χ0) is 15.2. The van der Waals surface area contributed by atoms with E-state index in [1.54, 1.807) is 12.1 Å². The highest BCUT2D eigenvalue weighted by atomic mass is 16.5. The number of hydrogen-bond donors (Lipinski definition) is 2. The zero-order valence-electron chi connectivity index (χ0n) is 12.3. The van der Waals surface area contributed by atoms with E-state index in [1.807, 2.05) is 50.2 Å². The van der Waals surface area contributed by atoms with Crippen molar-refractivity contribution in [2.24, 2.45) is 5.73 Å². The van der Waals surface area contributed by atoms with Crippen molar-refractivity contribution in [3.8, 4) is 5.75 Å². The summed E-state index contributed by atoms with van der Waals surface area (Å²) in [5.74, 6) is 0.529. The summed E-state index contributed by atoms with van der Waals surface area (Å²) >= 11 is 0. The van der Waals surface area contributed by atoms with Crippen LogP contribution in [0.1, 0.15) is 29.8 Å². The van der Waals surface area contributed by atoms with Crippen LogP contribution in [0, 0.1) is 0 Å². The van der Waals surface area contributed by atoms with Gasteiger partial charge in [-0.1, -0.05) is 18.2 Å². The summed E-state index contributed by atoms with van der Waals surface area (Å²) in [6, 6.07) is 14.6. The highest BCUT2D eigenvalue weighted by Crippen LogP contribution is 2.17. The first-order valence-electron chi connectivity index (χ1n) is 6.95. The monoisotopic (exact) mass is 284 g/mol. The Bertz CT molecular complexity index is 606. The molecule has 0 aromatic heterocycles. The first kappa shape index (κ1) is 15.1. The van der Waals surface area contributed by atoms with Gasteiger partial charge in [0.2, 0.25) is 0 Å². The van der Waals surface area contributed by atoms with Gasteiger partial charge in [0.1, 0.15) is 5.75 Å². The molecule has 0 spiro atoms. The van der Waals surface area contributed by atoms with Crippen molar-refractivity contribution >= 4 is 11.6 Å². The molecule has 0 radical (unpaired) electrons. The summed E-state index contributed by atoms with van der Waals surface area (Å²) in [7, 11) is 0. The molecule has 3 N–H and O–H groups in total. The van der Waals surface area contributed by atoms with Gasteiger partial charge < -0.3 is 15.8 Å². The van der Waals surface area contributed by atoms with E-state index in [4.69, 9.17) is 10.5 Å². The summed E-state index contributed by atoms with van der Waals surface area (Å²) in [5, 5.41) is 2.85. The van der Waals surface area contributed by atoms with Crippen LogP contribution in [-0.2, 0) is 6.54 Å². The van der Waals surface area contributed by atoms with E-state index in [0.717, 1.165) is 11.3 Å². The molecule has 2 aromatic carbocycles. The predicted octanol–water partition coefficient (Wildman–Crippen LogP) is 3.18. The Hall–Kier alpha value is -2.33. The summed E-state index contributed by atoms with van der Waals surface area (Å²) in [6.45, 7) is 4.39. The largest absolute Gasteiger partial charge is 0.491 e. The molecule has 2 aromatic rings. The van der Waals surface area contributed by atoms with E-state index < -0.39 is 0 Å². The van der Waals surface area contributed by atoms with Crippen LogP contribution >= 0.6 is 0 Å². The highest BCUT2D eigenvalue weighted by Gasteiger charge is 2.08. The Morgan fingerprint density at radius 2 is 1.90 bits per heavy atom. The molecule has 0 fully saturated rings. The predicted molar refractivity (Wildman–Crippen MR) is 84.5 cm³/mol. The Kier molecular flexibility index (Phi) is 4.95. The molecule has 0 unspecified atom stereocenters. The molecule has 110 valence electrons. The van der Waals surface area contributed by atoms with Gasteiger partial charge in [0.25, 0.3) is 5.91 Å². The lowest BCUT2D eigenvalue weighted by atomic mass is 10.1. The fraction of sp³-hybridized carbons (Fsp3) is 0.235. The number of benzene rings is 2. The minimum absolute atomic E-state index is 0.0760. The van der Waals surface area contributed by atoms with Gasteiger partial charge in [-0.25, -0.2) is 0 Å². The van der Waals surface area contributed by atoms with Crippen molar-refractivity contribution < 1.29 is 9.53 Å². The van der Waals surface area contributed by atoms with Gasteiger partial charge in [-0.2, -0.15) is 0 Å². The summed E-state index contributed by atoms with van der Waals surface area (Å²) in [5.41, 5.74) is 7.88. The number of anilines is 1. The van der Waals surface area contributed by atoms with Crippen molar-refractivity contribution in [3.63, 3.8) is 0 Å². The first-order valence-corrected chi connectivity index (χ1v) is 6.95. The molecule has 4 heteroatoms. The van der Waals surface area contributed by atoms with Crippen LogP contribution in [0.25, 0.3) is 0 Å². The van der Waals surface area contributed by atoms with Gasteiger partial charge >= 0.3 is 0 Å². The number of nitrogens with one attached hydrogen (secondary N) is 1. The van der Waals surface area contributed by atoms with Crippen LogP contribution in [0.4, 0.5) is 5.69 Å². The second-order valence-electron chi connectivity index (χ2n) is 5.05. The molecule has 0 bridgehead atoms. The number of amides is 1. The first-order chi connectivity index (χ1) is 10.1. The standard InChI is InChI=1S/C17H20N2O2/c1-12(2)21-16-5-3-4-14(10-16)17(20)19-15-8-6-13(11-18)7-9-15/h3-10,12H,11,18H2,1-2H3,(H,19,20). The third-order valence-electron chi connectivity index (χ3n) is 2.92. The summed E-state index contributed by atoms with van der Waals surface area (Å²) in [4.78, 5) is 12.2. The average Bonchev–Trinajstić information content (AvgIpc) is 2.47. The van der Waals surface area contributed by atoms with E-state index >= 15 is 0 Å². The molecule has 21 heavy (non-hydrogen) atoms. The highest BCUT2D eigenvalue weighted by molar-refractivity contribution is 6.04. The maximum atomic E-state index is 12.2. The van der Waals surface area contributed by atoms with E-state index in [2.05, 4.69) is 5.32 Å². The third kappa shape index (κ3) is 4.33. The molecule has 0 aliphatic heterocycles. The van der Waals surface area contributed by atoms with Crippen LogP contribution in [-0.4, -0.2) is 12.0 Å². The molecular weight excluding hydrogens is 264 g/mol. The van der Waals surface area contributed by atoms with Gasteiger partial charge in [0, 0.05) is 17.8 Å². The number of nitrogens with two attached hydrogens (primary N) is 1. The van der Waals surface area contributed by atoms with Gasteiger partial charge in [-0.3, -0.25) is 4.79 Å². The fourth-order valence-electron chi connectivity index (χ4n) is 1.91. The lowest BCUT2D eigenvalue weighted by molar-refractivity contribution is 0.102. The van der Waals surface area contributed by atoms with Gasteiger partial charge in [0.05, 0.1) is 6.10 Å². The lowest BCUT2D eigenvalue weighted by Gasteiger charge is -2.11. The second-order valence-corrected chi connectivity index (χ2v) is 5.05. The van der Waals surface area contributed by atoms with Crippen molar-refractivity contribution in [3.05, 3.63) is 59.7 Å². The van der Waals surface area contributed by atoms with Crippen LogP contribution in [0.2, 0.25) is 0 Å². The van der Waals surface area contributed by atoms with Crippen molar-refractivity contribution in [1.82, 2.24) is 0 Å². The normalized spacial score (nSPS) is 10.5. The van der Waals surface area contributed by atoms with E-state index in [1.165, 1.54) is 0 Å². The molecule has 0 saturated heterocycles. The molecule has 0 aliphatic carbocycles. The Labute approximate surface area is 124 Å². The Balaban J connectivity index is 2.08. The smallest absolute Gasteiger partial charge is 0.255 e.